The van der Waals surface area contributed by atoms with Crippen LogP contribution in [-0.4, -0.2) is 93.6 Å². The number of quaternary nitrogens is 1. The maximum atomic E-state index is 13.1. The summed E-state index contributed by atoms with van der Waals surface area (Å²) in [6, 6.07) is 9.97. The van der Waals surface area contributed by atoms with Gasteiger partial charge in [0.25, 0.3) is 6.43 Å². The van der Waals surface area contributed by atoms with Crippen molar-refractivity contribution in [3.8, 4) is 11.3 Å². The van der Waals surface area contributed by atoms with Crippen LogP contribution in [-0.2, 0) is 15.1 Å². The Morgan fingerprint density at radius 1 is 1.11 bits per heavy atom. The molecule has 0 bridgehead atoms. The van der Waals surface area contributed by atoms with Gasteiger partial charge in [0.1, 0.15) is 17.2 Å². The molecule has 0 aromatic carbocycles. The van der Waals surface area contributed by atoms with Crippen LogP contribution in [0.25, 0.3) is 11.3 Å². The number of nitrogens with zero attached hydrogens (tertiary/aromatic N) is 5. The van der Waals surface area contributed by atoms with Crippen LogP contribution in [0.15, 0.2) is 48.8 Å². The highest BCUT2D eigenvalue weighted by molar-refractivity contribution is 5.72. The summed E-state index contributed by atoms with van der Waals surface area (Å²) in [5, 5.41) is 23.8. The molecule has 1 aliphatic heterocycles. The molecule has 248 valence electrons. The Hall–Kier alpha value is -3.58. The predicted octanol–water partition coefficient (Wildman–Crippen LogP) is 4.80. The third-order valence-corrected chi connectivity index (χ3v) is 9.54. The molecule has 2 fully saturated rings. The van der Waals surface area contributed by atoms with Crippen LogP contribution in [0.5, 0.6) is 0 Å². The first-order valence-corrected chi connectivity index (χ1v) is 16.0. The third kappa shape index (κ3) is 8.22. The molecule has 2 aliphatic rings. The summed E-state index contributed by atoms with van der Waals surface area (Å²) in [5.41, 5.74) is 1.57. The molecule has 1 atom stereocenters. The van der Waals surface area contributed by atoms with Crippen molar-refractivity contribution < 1.29 is 33.0 Å². The number of ether oxygens (including phenoxy) is 1. The average molecular weight is 640 g/mol. The molecule has 4 heterocycles. The molecule has 1 aliphatic carbocycles. The maximum absolute atomic E-state index is 13.1. The molecule has 0 unspecified atom stereocenters. The highest BCUT2D eigenvalue weighted by Crippen LogP contribution is 2.41. The highest BCUT2D eigenvalue weighted by Gasteiger charge is 2.40. The van der Waals surface area contributed by atoms with Gasteiger partial charge in [-0.3, -0.25) is 19.2 Å². The smallest absolute Gasteiger partial charge is 0.313 e. The molecular weight excluding hydrogens is 594 g/mol. The number of nitrogens with one attached hydrogen (secondary N) is 1. The van der Waals surface area contributed by atoms with Crippen molar-refractivity contribution in [3.63, 3.8) is 0 Å². The minimum atomic E-state index is -2.59. The number of carbonyl (C=O) groups excluding carboxylic acids is 1. The Morgan fingerprint density at radius 2 is 1.85 bits per heavy atom. The van der Waals surface area contributed by atoms with E-state index in [4.69, 9.17) is 4.74 Å². The molecule has 1 saturated carbocycles. The molecule has 0 amide bonds. The summed E-state index contributed by atoms with van der Waals surface area (Å²) in [5.74, 6) is 0.362. The molecule has 0 radical (unpaired) electrons. The van der Waals surface area contributed by atoms with E-state index in [9.17, 15) is 23.8 Å². The van der Waals surface area contributed by atoms with Gasteiger partial charge in [-0.1, -0.05) is 0 Å². The van der Waals surface area contributed by atoms with Gasteiger partial charge in [-0.15, -0.1) is 0 Å². The zero-order chi connectivity index (χ0) is 32.9. The number of esters is 1. The molecular formula is C34H45F2N6O4+. The number of aliphatic hydroxyl groups excluding tert-OH is 1. The quantitative estimate of drug-likeness (QED) is 0.201. The van der Waals surface area contributed by atoms with E-state index in [2.05, 4.69) is 32.2 Å². The Kier molecular flexibility index (Phi) is 10.6. The number of hydrogen-bond acceptors (Lipinski definition) is 9. The van der Waals surface area contributed by atoms with Crippen LogP contribution >= 0.6 is 0 Å². The first-order chi connectivity index (χ1) is 22.0. The minimum Gasteiger partial charge on any atom is -0.415 e. The van der Waals surface area contributed by atoms with Crippen LogP contribution in [0.1, 0.15) is 55.9 Å². The lowest BCUT2D eigenvalue weighted by molar-refractivity contribution is -0.929. The van der Waals surface area contributed by atoms with Gasteiger partial charge in [0, 0.05) is 43.2 Å². The van der Waals surface area contributed by atoms with Gasteiger partial charge in [0.2, 0.25) is 6.73 Å². The predicted molar refractivity (Wildman–Crippen MR) is 170 cm³/mol. The zero-order valence-corrected chi connectivity index (χ0v) is 26.8. The number of halogens is 2. The van der Waals surface area contributed by atoms with Crippen molar-refractivity contribution in [2.75, 3.05) is 58.4 Å². The Balaban J connectivity index is 1.16. The molecule has 3 aromatic heterocycles. The molecule has 1 saturated heterocycles. The summed E-state index contributed by atoms with van der Waals surface area (Å²) in [7, 11) is 2.11. The lowest BCUT2D eigenvalue weighted by Gasteiger charge is -2.41. The monoisotopic (exact) mass is 639 g/mol. The van der Waals surface area contributed by atoms with E-state index < -0.39 is 12.0 Å². The van der Waals surface area contributed by atoms with Crippen molar-refractivity contribution in [1.29, 1.82) is 0 Å². The van der Waals surface area contributed by atoms with Crippen LogP contribution < -0.4 is 5.32 Å². The molecule has 3 aromatic rings. The van der Waals surface area contributed by atoms with E-state index in [1.807, 2.05) is 31.2 Å². The van der Waals surface area contributed by atoms with Gasteiger partial charge >= 0.3 is 5.97 Å². The molecule has 5 rings (SSSR count). The van der Waals surface area contributed by atoms with Crippen LogP contribution in [0.2, 0.25) is 0 Å². The van der Waals surface area contributed by atoms with Gasteiger partial charge in [-0.05, 0) is 87.4 Å². The van der Waals surface area contributed by atoms with E-state index in [1.165, 1.54) is 18.3 Å². The van der Waals surface area contributed by atoms with Gasteiger partial charge < -0.3 is 20.3 Å². The average Bonchev–Trinajstić information content (AvgIpc) is 3.05. The van der Waals surface area contributed by atoms with Gasteiger partial charge in [0.05, 0.1) is 44.0 Å². The topological polar surface area (TPSA) is 121 Å². The summed E-state index contributed by atoms with van der Waals surface area (Å²) < 4.78 is 32.7. The largest absolute Gasteiger partial charge is 0.415 e. The lowest BCUT2D eigenvalue weighted by Crippen LogP contribution is -2.58. The van der Waals surface area contributed by atoms with Gasteiger partial charge in [0.15, 0.2) is 0 Å². The fourth-order valence-electron chi connectivity index (χ4n) is 6.43. The van der Waals surface area contributed by atoms with E-state index in [0.717, 1.165) is 37.3 Å². The second-order valence-corrected chi connectivity index (χ2v) is 13.2. The number of carbonyl (C=O) groups is 1. The molecule has 46 heavy (non-hydrogen) atoms. The number of β-amino-alcohol motifs (C(OH)–C–C–N with tert-alkyl or cyclic N) is 1. The van der Waals surface area contributed by atoms with Gasteiger partial charge in [-0.2, -0.15) is 0 Å². The van der Waals surface area contributed by atoms with Crippen molar-refractivity contribution in [2.24, 2.45) is 11.8 Å². The number of rotatable bonds is 11. The third-order valence-electron chi connectivity index (χ3n) is 9.54. The van der Waals surface area contributed by atoms with E-state index >= 15 is 0 Å². The summed E-state index contributed by atoms with van der Waals surface area (Å²) in [6.45, 7) is 8.40. The summed E-state index contributed by atoms with van der Waals surface area (Å²) in [4.78, 5) is 28.6. The normalized spacial score (nSPS) is 21.5. The number of aromatic nitrogens is 3. The summed E-state index contributed by atoms with van der Waals surface area (Å²) in [6.07, 6.45) is 3.11. The lowest BCUT2D eigenvalue weighted by atomic mass is 9.73. The molecule has 12 heteroatoms. The van der Waals surface area contributed by atoms with Crippen molar-refractivity contribution in [3.05, 3.63) is 65.6 Å². The number of aryl methyl sites for hydroxylation is 1. The second kappa shape index (κ2) is 14.5. The Labute approximate surface area is 269 Å². The number of aliphatic hydroxyl groups is 2. The standard InChI is InChI=1S/C34H45F2N6O4/c1-23-18-28(39-31(19-23)40-30-20-25(32(35)36)10-11-37-30)26-6-9-29(38-21-26)34(2,45)27-7-4-24(5-8-27)33(44)46-22-42(3)15-12-41(13-16-42)14-17-43/h6,9-11,18-21,24,27,32,43,45H,4-5,7-8,12-17,22H2,1-3H3,(H,37,39,40)/q+1/t24?,27?,34-/m1/s1. The Morgan fingerprint density at radius 3 is 2.50 bits per heavy atom. The fraction of sp³-hybridized carbons (Fsp3) is 0.529. The number of hydrogen-bond donors (Lipinski definition) is 3. The molecule has 3 N–H and O–H groups in total. The van der Waals surface area contributed by atoms with E-state index in [1.54, 1.807) is 13.1 Å². The maximum Gasteiger partial charge on any atom is 0.313 e. The first-order valence-electron chi connectivity index (χ1n) is 16.0. The number of anilines is 2. The molecule has 0 spiro atoms. The second-order valence-electron chi connectivity index (χ2n) is 13.2. The van der Waals surface area contributed by atoms with Crippen molar-refractivity contribution >= 4 is 17.6 Å². The number of pyridine rings is 3. The number of piperazine rings is 1. The van der Waals surface area contributed by atoms with E-state index in [0.29, 0.717) is 60.6 Å². The van der Waals surface area contributed by atoms with Crippen LogP contribution in [0.3, 0.4) is 0 Å². The fourth-order valence-corrected chi connectivity index (χ4v) is 6.43. The number of likely N-dealkylation sites (N-methyl/N-ethyl adjacent to an activating group) is 1. The van der Waals surface area contributed by atoms with E-state index in [-0.39, 0.29) is 35.8 Å². The zero-order valence-electron chi connectivity index (χ0n) is 26.8. The van der Waals surface area contributed by atoms with Gasteiger partial charge in [-0.25, -0.2) is 18.7 Å². The SMILES string of the molecule is Cc1cc(Nc2cc(C(F)F)ccn2)nc(-c2ccc([C@](C)(O)C3CCC(C(=O)OC[N+]4(C)CCN(CCO)CC4)CC3)nc2)c1. The van der Waals surface area contributed by atoms with Crippen LogP contribution in [0, 0.1) is 18.8 Å². The van der Waals surface area contributed by atoms with Crippen LogP contribution in [0.4, 0.5) is 20.4 Å². The number of alkyl halides is 2. The molecule has 10 nitrogen and oxygen atoms in total. The highest BCUT2D eigenvalue weighted by atomic mass is 19.3. The first kappa shape index (κ1) is 33.8. The minimum absolute atomic E-state index is 0.0524. The van der Waals surface area contributed by atoms with Crippen molar-refractivity contribution in [1.82, 2.24) is 19.9 Å². The summed E-state index contributed by atoms with van der Waals surface area (Å²) >= 11 is 0. The Bertz CT molecular complexity index is 1470. The van der Waals surface area contributed by atoms with Crippen molar-refractivity contribution in [2.45, 2.75) is 51.6 Å².